The highest BCUT2D eigenvalue weighted by molar-refractivity contribution is 6.19. The third-order valence-corrected chi connectivity index (χ3v) is 2.03. The van der Waals surface area contributed by atoms with Gasteiger partial charge in [-0.05, 0) is 18.2 Å². The lowest BCUT2D eigenvalue weighted by Crippen LogP contribution is -2.09. The number of rotatable bonds is 5. The van der Waals surface area contributed by atoms with E-state index in [4.69, 9.17) is 17.3 Å². The molecule has 16 heavy (non-hydrogen) atoms. The van der Waals surface area contributed by atoms with Gasteiger partial charge in [0.2, 0.25) is 0 Å². The second-order valence-electron chi connectivity index (χ2n) is 3.00. The summed E-state index contributed by atoms with van der Waals surface area (Å²) in [4.78, 5) is 11.5. The Morgan fingerprint density at radius 2 is 2.19 bits per heavy atom. The molecule has 1 rings (SSSR count). The van der Waals surface area contributed by atoms with Crippen LogP contribution in [0.2, 0.25) is 0 Å². The van der Waals surface area contributed by atoms with Crippen molar-refractivity contribution in [2.24, 2.45) is 0 Å². The van der Waals surface area contributed by atoms with E-state index in [0.717, 1.165) is 0 Å². The standard InChI is InChI=1S/C10H10ClF2NO2/c11-4-3-8(15)7-5-6(14)1-2-9(7)16-10(12)13/h1-2,5,10H,3-4,14H2. The molecule has 0 spiro atoms. The van der Waals surface area contributed by atoms with Crippen LogP contribution in [0.3, 0.4) is 0 Å². The highest BCUT2D eigenvalue weighted by atomic mass is 35.5. The lowest BCUT2D eigenvalue weighted by atomic mass is 10.1. The number of hydrogen-bond donors (Lipinski definition) is 1. The molecule has 0 atom stereocenters. The molecular formula is C10H10ClF2NO2. The number of anilines is 1. The number of ether oxygens (including phenoxy) is 1. The molecule has 0 radical (unpaired) electrons. The van der Waals surface area contributed by atoms with Crippen LogP contribution in [0.4, 0.5) is 14.5 Å². The minimum absolute atomic E-state index is 0.0287. The maximum Gasteiger partial charge on any atom is 0.387 e. The zero-order valence-electron chi connectivity index (χ0n) is 8.25. The summed E-state index contributed by atoms with van der Waals surface area (Å²) in [6.45, 7) is -2.98. The molecule has 0 bridgehead atoms. The van der Waals surface area contributed by atoms with Crippen molar-refractivity contribution in [3.05, 3.63) is 23.8 Å². The molecular weight excluding hydrogens is 240 g/mol. The van der Waals surface area contributed by atoms with Gasteiger partial charge < -0.3 is 10.5 Å². The van der Waals surface area contributed by atoms with Crippen LogP contribution in [-0.4, -0.2) is 18.3 Å². The molecule has 0 saturated carbocycles. The predicted molar refractivity (Wildman–Crippen MR) is 57.2 cm³/mol. The van der Waals surface area contributed by atoms with Crippen LogP contribution in [0.15, 0.2) is 18.2 Å². The number of halogens is 3. The smallest absolute Gasteiger partial charge is 0.387 e. The minimum Gasteiger partial charge on any atom is -0.434 e. The number of carbonyl (C=O) groups is 1. The van der Waals surface area contributed by atoms with Crippen LogP contribution in [0.1, 0.15) is 16.8 Å². The molecule has 0 unspecified atom stereocenters. The van der Waals surface area contributed by atoms with Gasteiger partial charge >= 0.3 is 6.61 Å². The van der Waals surface area contributed by atoms with Crippen molar-refractivity contribution >= 4 is 23.1 Å². The first-order chi connectivity index (χ1) is 7.54. The molecule has 0 aliphatic carbocycles. The monoisotopic (exact) mass is 249 g/mol. The third-order valence-electron chi connectivity index (χ3n) is 1.84. The molecule has 0 saturated heterocycles. The first-order valence-corrected chi connectivity index (χ1v) is 5.01. The van der Waals surface area contributed by atoms with Gasteiger partial charge in [0.1, 0.15) is 5.75 Å². The van der Waals surface area contributed by atoms with Crippen LogP contribution in [-0.2, 0) is 0 Å². The van der Waals surface area contributed by atoms with Gasteiger partial charge in [-0.3, -0.25) is 4.79 Å². The highest BCUT2D eigenvalue weighted by Gasteiger charge is 2.15. The number of alkyl halides is 3. The fourth-order valence-corrected chi connectivity index (χ4v) is 1.36. The van der Waals surface area contributed by atoms with E-state index in [2.05, 4.69) is 4.74 Å². The van der Waals surface area contributed by atoms with Gasteiger partial charge in [0.15, 0.2) is 5.78 Å². The van der Waals surface area contributed by atoms with Gasteiger partial charge in [-0.1, -0.05) is 0 Å². The Bertz CT molecular complexity index is 385. The third kappa shape index (κ3) is 3.34. The molecule has 1 aromatic rings. The molecule has 0 fully saturated rings. The van der Waals surface area contributed by atoms with E-state index in [1.807, 2.05) is 0 Å². The van der Waals surface area contributed by atoms with Gasteiger partial charge in [0.05, 0.1) is 5.56 Å². The van der Waals surface area contributed by atoms with Gasteiger partial charge in [0, 0.05) is 18.0 Å². The van der Waals surface area contributed by atoms with E-state index in [0.29, 0.717) is 5.69 Å². The van der Waals surface area contributed by atoms with Gasteiger partial charge in [0.25, 0.3) is 0 Å². The van der Waals surface area contributed by atoms with Crippen molar-refractivity contribution in [2.75, 3.05) is 11.6 Å². The SMILES string of the molecule is Nc1ccc(OC(F)F)c(C(=O)CCCl)c1. The molecule has 6 heteroatoms. The fraction of sp³-hybridized carbons (Fsp3) is 0.300. The highest BCUT2D eigenvalue weighted by Crippen LogP contribution is 2.24. The summed E-state index contributed by atoms with van der Waals surface area (Å²) < 4.78 is 28.3. The average molecular weight is 250 g/mol. The molecule has 0 amide bonds. The molecule has 0 aliphatic rings. The molecule has 3 nitrogen and oxygen atoms in total. The quantitative estimate of drug-likeness (QED) is 0.496. The zero-order chi connectivity index (χ0) is 12.1. The minimum atomic E-state index is -2.98. The van der Waals surface area contributed by atoms with Crippen LogP contribution in [0.25, 0.3) is 0 Å². The Balaban J connectivity index is 3.02. The van der Waals surface area contributed by atoms with Crippen molar-refractivity contribution in [2.45, 2.75) is 13.0 Å². The van der Waals surface area contributed by atoms with E-state index in [-0.39, 0.29) is 29.4 Å². The van der Waals surface area contributed by atoms with Crippen LogP contribution in [0, 0.1) is 0 Å². The number of nitrogen functional groups attached to an aromatic ring is 1. The summed E-state index contributed by atoms with van der Waals surface area (Å²) >= 11 is 5.40. The molecule has 1 aromatic carbocycles. The first-order valence-electron chi connectivity index (χ1n) is 4.48. The van der Waals surface area contributed by atoms with Gasteiger partial charge in [-0.15, -0.1) is 11.6 Å². The van der Waals surface area contributed by atoms with E-state index in [9.17, 15) is 13.6 Å². The summed E-state index contributed by atoms with van der Waals surface area (Å²) in [5, 5.41) is 0. The zero-order valence-corrected chi connectivity index (χ0v) is 9.01. The van der Waals surface area contributed by atoms with Crippen LogP contribution < -0.4 is 10.5 Å². The summed E-state index contributed by atoms with van der Waals surface area (Å²) in [6, 6.07) is 3.92. The largest absolute Gasteiger partial charge is 0.434 e. The van der Waals surface area contributed by atoms with Gasteiger partial charge in [-0.2, -0.15) is 8.78 Å². The first kappa shape index (κ1) is 12.7. The van der Waals surface area contributed by atoms with E-state index in [1.54, 1.807) is 0 Å². The summed E-state index contributed by atoms with van der Waals surface area (Å²) in [6.07, 6.45) is 0.0462. The number of benzene rings is 1. The van der Waals surface area contributed by atoms with Crippen molar-refractivity contribution in [3.8, 4) is 5.75 Å². The van der Waals surface area contributed by atoms with Crippen molar-refractivity contribution in [3.63, 3.8) is 0 Å². The van der Waals surface area contributed by atoms with E-state index < -0.39 is 6.61 Å². The lowest BCUT2D eigenvalue weighted by Gasteiger charge is -2.10. The molecule has 0 heterocycles. The van der Waals surface area contributed by atoms with Crippen molar-refractivity contribution < 1.29 is 18.3 Å². The topological polar surface area (TPSA) is 52.3 Å². The second-order valence-corrected chi connectivity index (χ2v) is 3.37. The van der Waals surface area contributed by atoms with E-state index in [1.165, 1.54) is 18.2 Å². The average Bonchev–Trinajstić information content (AvgIpc) is 2.20. The fourth-order valence-electron chi connectivity index (χ4n) is 1.18. The van der Waals surface area contributed by atoms with Gasteiger partial charge in [-0.25, -0.2) is 0 Å². The van der Waals surface area contributed by atoms with Crippen LogP contribution in [0.5, 0.6) is 5.75 Å². The molecule has 0 aromatic heterocycles. The Morgan fingerprint density at radius 1 is 1.50 bits per heavy atom. The summed E-state index contributed by atoms with van der Waals surface area (Å²) in [7, 11) is 0. The van der Waals surface area contributed by atoms with Crippen LogP contribution >= 0.6 is 11.6 Å². The Kier molecular flexibility index (Phi) is 4.49. The maximum absolute atomic E-state index is 12.1. The number of ketones is 1. The normalized spacial score (nSPS) is 10.5. The number of carbonyl (C=O) groups excluding carboxylic acids is 1. The Labute approximate surface area is 96.1 Å². The van der Waals surface area contributed by atoms with Crippen molar-refractivity contribution in [1.82, 2.24) is 0 Å². The molecule has 0 aliphatic heterocycles. The Hall–Kier alpha value is -1.36. The lowest BCUT2D eigenvalue weighted by molar-refractivity contribution is -0.0501. The van der Waals surface area contributed by atoms with E-state index >= 15 is 0 Å². The molecule has 2 N–H and O–H groups in total. The number of Topliss-reactive ketones (excluding diaryl/α,β-unsaturated/α-hetero) is 1. The summed E-state index contributed by atoms with van der Waals surface area (Å²) in [5.41, 5.74) is 5.80. The second kappa shape index (κ2) is 5.65. The van der Waals surface area contributed by atoms with Crippen molar-refractivity contribution in [1.29, 1.82) is 0 Å². The molecule has 88 valence electrons. The maximum atomic E-state index is 12.1. The summed E-state index contributed by atoms with van der Waals surface area (Å²) in [5.74, 6) is -0.445. The number of nitrogens with two attached hydrogens (primary N) is 1. The number of hydrogen-bond acceptors (Lipinski definition) is 3. The Morgan fingerprint density at radius 3 is 2.75 bits per heavy atom. The predicted octanol–water partition coefficient (Wildman–Crippen LogP) is 2.68.